The lowest BCUT2D eigenvalue weighted by molar-refractivity contribution is 0.230. The van der Waals surface area contributed by atoms with Gasteiger partial charge in [-0.1, -0.05) is 12.1 Å². The topological polar surface area (TPSA) is 79.8 Å². The first kappa shape index (κ1) is 26.2. The van der Waals surface area contributed by atoms with Gasteiger partial charge in [-0.2, -0.15) is 0 Å². The van der Waals surface area contributed by atoms with Crippen molar-refractivity contribution in [2.24, 2.45) is 4.99 Å². The van der Waals surface area contributed by atoms with Crippen LogP contribution in [-0.2, 0) is 16.3 Å². The number of nitrogens with one attached hydrogen (secondary N) is 2. The number of aliphatic imine (C=N–C) groups is 1. The normalized spacial score (nSPS) is 12.6. The molecule has 0 bridgehead atoms. The van der Waals surface area contributed by atoms with E-state index in [9.17, 15) is 12.8 Å². The van der Waals surface area contributed by atoms with Crippen molar-refractivity contribution in [2.45, 2.75) is 31.3 Å². The molecule has 0 radical (unpaired) electrons. The number of ether oxygens (including phenoxy) is 1. The van der Waals surface area contributed by atoms with Crippen LogP contribution in [0.3, 0.4) is 0 Å². The summed E-state index contributed by atoms with van der Waals surface area (Å²) in [4.78, 5) is 4.84. The molecular weight excluding hydrogens is 520 g/mol. The molecule has 2 aromatic rings. The Labute approximate surface area is 195 Å². The number of sulfone groups is 1. The quantitative estimate of drug-likeness (QED) is 0.285. The van der Waals surface area contributed by atoms with Crippen LogP contribution in [0.5, 0.6) is 5.75 Å². The Balaban J connectivity index is 0.00000450. The van der Waals surface area contributed by atoms with Gasteiger partial charge in [0.1, 0.15) is 17.7 Å². The van der Waals surface area contributed by atoms with Gasteiger partial charge in [0, 0.05) is 19.3 Å². The highest BCUT2D eigenvalue weighted by Crippen LogP contribution is 2.13. The van der Waals surface area contributed by atoms with E-state index >= 15 is 0 Å². The summed E-state index contributed by atoms with van der Waals surface area (Å²) in [6.07, 6.45) is 1.76. The van der Waals surface area contributed by atoms with E-state index in [1.54, 1.807) is 24.3 Å². The van der Waals surface area contributed by atoms with Gasteiger partial charge in [0.25, 0.3) is 0 Å². The third-order valence-electron chi connectivity index (χ3n) is 4.06. The molecule has 0 saturated heterocycles. The van der Waals surface area contributed by atoms with Crippen molar-refractivity contribution in [3.8, 4) is 5.75 Å². The predicted octanol–water partition coefficient (Wildman–Crippen LogP) is 3.41. The molecule has 0 amide bonds. The van der Waals surface area contributed by atoms with Gasteiger partial charge >= 0.3 is 0 Å². The van der Waals surface area contributed by atoms with Gasteiger partial charge in [-0.15, -0.1) is 24.0 Å². The molecule has 0 spiro atoms. The lowest BCUT2D eigenvalue weighted by Gasteiger charge is -2.15. The van der Waals surface area contributed by atoms with Crippen molar-refractivity contribution in [3.63, 3.8) is 0 Å². The summed E-state index contributed by atoms with van der Waals surface area (Å²) < 4.78 is 41.7. The Bertz CT molecular complexity index is 904. The maximum absolute atomic E-state index is 13.0. The summed E-state index contributed by atoms with van der Waals surface area (Å²) in [6, 6.07) is 12.8. The van der Waals surface area contributed by atoms with Gasteiger partial charge in [-0.3, -0.25) is 0 Å². The van der Waals surface area contributed by atoms with E-state index in [0.717, 1.165) is 18.5 Å². The fourth-order valence-electron chi connectivity index (χ4n) is 2.57. The molecule has 0 aromatic heterocycles. The average Bonchev–Trinajstić information content (AvgIpc) is 2.67. The van der Waals surface area contributed by atoms with E-state index < -0.39 is 9.84 Å². The number of nitrogens with zero attached hydrogens (tertiary/aromatic N) is 1. The molecule has 0 aliphatic rings. The highest BCUT2D eigenvalue weighted by Gasteiger charge is 2.07. The van der Waals surface area contributed by atoms with Crippen LogP contribution in [0, 0.1) is 5.82 Å². The number of hydrogen-bond acceptors (Lipinski definition) is 4. The third kappa shape index (κ3) is 9.29. The van der Waals surface area contributed by atoms with Crippen LogP contribution in [0.4, 0.5) is 4.39 Å². The Kier molecular flexibility index (Phi) is 11.1. The van der Waals surface area contributed by atoms with E-state index in [2.05, 4.69) is 15.6 Å². The molecule has 30 heavy (non-hydrogen) atoms. The molecule has 2 N–H and O–H groups in total. The molecule has 0 fully saturated rings. The molecule has 1 atom stereocenters. The molecule has 166 valence electrons. The van der Waals surface area contributed by atoms with Gasteiger partial charge in [-0.05, 0) is 62.2 Å². The molecular formula is C21H29FIN3O3S. The standard InChI is InChI=1S/C21H28FN3O3S.HI/c1-4-23-21(25-15-16(2)28-19-9-7-18(22)8-10-19)24-14-13-17-5-11-20(12-6-17)29(3,26)27;/h5-12,16H,4,13-15H2,1-3H3,(H2,23,24,25);1H. The number of guanidine groups is 1. The van der Waals surface area contributed by atoms with Crippen LogP contribution in [0.25, 0.3) is 0 Å². The average molecular weight is 549 g/mol. The maximum atomic E-state index is 13.0. The second kappa shape index (κ2) is 12.7. The van der Waals surface area contributed by atoms with Gasteiger partial charge < -0.3 is 15.4 Å². The Morgan fingerprint density at radius 1 is 1.10 bits per heavy atom. The van der Waals surface area contributed by atoms with Gasteiger partial charge in [0.15, 0.2) is 15.8 Å². The summed E-state index contributed by atoms with van der Waals surface area (Å²) >= 11 is 0. The summed E-state index contributed by atoms with van der Waals surface area (Å²) in [7, 11) is -3.18. The number of benzene rings is 2. The first-order chi connectivity index (χ1) is 13.8. The first-order valence-corrected chi connectivity index (χ1v) is 11.4. The zero-order valence-electron chi connectivity index (χ0n) is 17.4. The van der Waals surface area contributed by atoms with Gasteiger partial charge in [0.2, 0.25) is 0 Å². The van der Waals surface area contributed by atoms with E-state index in [-0.39, 0.29) is 35.9 Å². The van der Waals surface area contributed by atoms with Crippen molar-refractivity contribution in [2.75, 3.05) is 25.9 Å². The summed E-state index contributed by atoms with van der Waals surface area (Å²) in [6.45, 7) is 5.70. The van der Waals surface area contributed by atoms with Crippen LogP contribution in [0.15, 0.2) is 58.4 Å². The Hall–Kier alpha value is -1.88. The van der Waals surface area contributed by atoms with Crippen molar-refractivity contribution in [1.29, 1.82) is 0 Å². The first-order valence-electron chi connectivity index (χ1n) is 9.51. The lowest BCUT2D eigenvalue weighted by atomic mass is 10.1. The molecule has 0 aliphatic heterocycles. The maximum Gasteiger partial charge on any atom is 0.191 e. The zero-order chi connectivity index (χ0) is 21.3. The van der Waals surface area contributed by atoms with E-state index in [0.29, 0.717) is 29.7 Å². The minimum absolute atomic E-state index is 0. The van der Waals surface area contributed by atoms with Crippen LogP contribution in [0.2, 0.25) is 0 Å². The zero-order valence-corrected chi connectivity index (χ0v) is 20.5. The SMILES string of the molecule is CCNC(=NCC(C)Oc1ccc(F)cc1)NCCc1ccc(S(C)(=O)=O)cc1.I. The highest BCUT2D eigenvalue weighted by molar-refractivity contribution is 14.0. The molecule has 6 nitrogen and oxygen atoms in total. The molecule has 2 aromatic carbocycles. The number of halogens is 2. The van der Waals surface area contributed by atoms with E-state index in [1.807, 2.05) is 26.0 Å². The molecule has 0 aliphatic carbocycles. The van der Waals surface area contributed by atoms with Crippen molar-refractivity contribution in [1.82, 2.24) is 10.6 Å². The third-order valence-corrected chi connectivity index (χ3v) is 5.19. The van der Waals surface area contributed by atoms with Crippen molar-refractivity contribution >= 4 is 39.8 Å². The summed E-state index contributed by atoms with van der Waals surface area (Å²) in [5.74, 6) is 0.979. The fraction of sp³-hybridized carbons (Fsp3) is 0.381. The van der Waals surface area contributed by atoms with Crippen molar-refractivity contribution < 1.29 is 17.5 Å². The van der Waals surface area contributed by atoms with Crippen LogP contribution >= 0.6 is 24.0 Å². The summed E-state index contributed by atoms with van der Waals surface area (Å²) in [5, 5.41) is 6.44. The Morgan fingerprint density at radius 3 is 2.30 bits per heavy atom. The van der Waals surface area contributed by atoms with E-state index in [1.165, 1.54) is 18.4 Å². The smallest absolute Gasteiger partial charge is 0.191 e. The molecule has 2 rings (SSSR count). The second-order valence-corrected chi connectivity index (χ2v) is 8.71. The highest BCUT2D eigenvalue weighted by atomic mass is 127. The Morgan fingerprint density at radius 2 is 1.73 bits per heavy atom. The van der Waals surface area contributed by atoms with Crippen LogP contribution in [-0.4, -0.2) is 46.4 Å². The van der Waals surface area contributed by atoms with Crippen LogP contribution in [0.1, 0.15) is 19.4 Å². The monoisotopic (exact) mass is 549 g/mol. The number of hydrogen-bond donors (Lipinski definition) is 2. The molecule has 9 heteroatoms. The molecule has 0 saturated carbocycles. The van der Waals surface area contributed by atoms with Crippen LogP contribution < -0.4 is 15.4 Å². The van der Waals surface area contributed by atoms with E-state index in [4.69, 9.17) is 4.74 Å². The predicted molar refractivity (Wildman–Crippen MR) is 129 cm³/mol. The van der Waals surface area contributed by atoms with Crippen molar-refractivity contribution in [3.05, 3.63) is 59.9 Å². The van der Waals surface area contributed by atoms with Gasteiger partial charge in [-0.25, -0.2) is 17.8 Å². The van der Waals surface area contributed by atoms with Gasteiger partial charge in [0.05, 0.1) is 11.4 Å². The molecule has 1 unspecified atom stereocenters. The number of rotatable bonds is 9. The lowest BCUT2D eigenvalue weighted by Crippen LogP contribution is -2.39. The fourth-order valence-corrected chi connectivity index (χ4v) is 3.20. The second-order valence-electron chi connectivity index (χ2n) is 6.69. The largest absolute Gasteiger partial charge is 0.489 e. The molecule has 0 heterocycles. The minimum atomic E-state index is -3.18. The summed E-state index contributed by atoms with van der Waals surface area (Å²) in [5.41, 5.74) is 1.04. The minimum Gasteiger partial charge on any atom is -0.489 e.